The highest BCUT2D eigenvalue weighted by molar-refractivity contribution is 7.09. The molecule has 1 saturated heterocycles. The van der Waals surface area contributed by atoms with Crippen LogP contribution in [-0.2, 0) is 11.2 Å². The van der Waals surface area contributed by atoms with Gasteiger partial charge < -0.3 is 10.5 Å². The van der Waals surface area contributed by atoms with Crippen molar-refractivity contribution in [2.45, 2.75) is 52.4 Å². The molecule has 0 radical (unpaired) electrons. The van der Waals surface area contributed by atoms with Gasteiger partial charge in [-0.3, -0.25) is 0 Å². The number of ether oxygens (including phenoxy) is 1. The van der Waals surface area contributed by atoms with Crippen molar-refractivity contribution in [2.24, 2.45) is 17.6 Å². The molecule has 96 valence electrons. The topological polar surface area (TPSA) is 48.1 Å². The molecule has 2 rings (SSSR count). The summed E-state index contributed by atoms with van der Waals surface area (Å²) in [5.74, 6) is 0.968. The SMILES string of the molecule is Cc1csc(CC(N)C2C(C)OC(C)C2C)n1. The normalized spacial score (nSPS) is 35.1. The molecule has 1 aliphatic rings. The Labute approximate surface area is 107 Å². The van der Waals surface area contributed by atoms with E-state index in [2.05, 4.69) is 31.1 Å². The van der Waals surface area contributed by atoms with Gasteiger partial charge in [0.05, 0.1) is 17.2 Å². The standard InChI is InChI=1S/C13H22N2OS/c1-7-6-17-12(15-7)5-11(14)13-8(2)9(3)16-10(13)4/h6,8-11,13H,5,14H2,1-4H3. The fourth-order valence-corrected chi connectivity index (χ4v) is 3.71. The Bertz CT molecular complexity index is 379. The number of aromatic nitrogens is 1. The molecule has 4 heteroatoms. The first-order valence-electron chi connectivity index (χ1n) is 6.31. The third kappa shape index (κ3) is 2.69. The average molecular weight is 254 g/mol. The lowest BCUT2D eigenvalue weighted by atomic mass is 9.83. The molecule has 0 spiro atoms. The van der Waals surface area contributed by atoms with E-state index < -0.39 is 0 Å². The van der Waals surface area contributed by atoms with E-state index in [0.29, 0.717) is 17.9 Å². The van der Waals surface area contributed by atoms with Gasteiger partial charge in [-0.25, -0.2) is 4.98 Å². The molecule has 1 aliphatic heterocycles. The second-order valence-corrected chi connectivity index (χ2v) is 6.18. The van der Waals surface area contributed by atoms with Crippen LogP contribution in [0.1, 0.15) is 31.5 Å². The summed E-state index contributed by atoms with van der Waals surface area (Å²) in [5, 5.41) is 3.23. The molecular formula is C13H22N2OS. The molecule has 0 saturated carbocycles. The van der Waals surface area contributed by atoms with Crippen LogP contribution in [-0.4, -0.2) is 23.2 Å². The van der Waals surface area contributed by atoms with Crippen molar-refractivity contribution in [3.05, 3.63) is 16.1 Å². The molecule has 1 aromatic heterocycles. The highest BCUT2D eigenvalue weighted by atomic mass is 32.1. The predicted molar refractivity (Wildman–Crippen MR) is 71.2 cm³/mol. The second-order valence-electron chi connectivity index (χ2n) is 5.23. The van der Waals surface area contributed by atoms with Crippen LogP contribution in [0.15, 0.2) is 5.38 Å². The minimum Gasteiger partial charge on any atom is -0.375 e. The molecular weight excluding hydrogens is 232 g/mol. The third-order valence-corrected chi connectivity index (χ3v) is 4.88. The number of nitrogens with zero attached hydrogens (tertiary/aromatic N) is 1. The number of hydrogen-bond donors (Lipinski definition) is 1. The van der Waals surface area contributed by atoms with Crippen molar-refractivity contribution in [1.29, 1.82) is 0 Å². The zero-order valence-electron chi connectivity index (χ0n) is 11.0. The van der Waals surface area contributed by atoms with Crippen LogP contribution < -0.4 is 5.73 Å². The van der Waals surface area contributed by atoms with Gasteiger partial charge >= 0.3 is 0 Å². The maximum Gasteiger partial charge on any atom is 0.0943 e. The lowest BCUT2D eigenvalue weighted by molar-refractivity contribution is 0.0490. The van der Waals surface area contributed by atoms with Crippen LogP contribution in [0, 0.1) is 18.8 Å². The lowest BCUT2D eigenvalue weighted by Gasteiger charge is -2.24. The summed E-state index contributed by atoms with van der Waals surface area (Å²) >= 11 is 1.71. The highest BCUT2D eigenvalue weighted by Gasteiger charge is 2.40. The Kier molecular flexibility index (Phi) is 3.85. The van der Waals surface area contributed by atoms with E-state index in [1.54, 1.807) is 11.3 Å². The number of aryl methyl sites for hydroxylation is 1. The van der Waals surface area contributed by atoms with Crippen molar-refractivity contribution < 1.29 is 4.74 Å². The van der Waals surface area contributed by atoms with E-state index in [1.165, 1.54) is 0 Å². The van der Waals surface area contributed by atoms with Crippen LogP contribution in [0.4, 0.5) is 0 Å². The maximum atomic E-state index is 6.35. The molecule has 5 unspecified atom stereocenters. The molecule has 0 aromatic carbocycles. The summed E-state index contributed by atoms with van der Waals surface area (Å²) in [5.41, 5.74) is 7.44. The van der Waals surface area contributed by atoms with E-state index in [9.17, 15) is 0 Å². The van der Waals surface area contributed by atoms with Gasteiger partial charge in [0.2, 0.25) is 0 Å². The predicted octanol–water partition coefficient (Wildman–Crippen LogP) is 2.38. The first kappa shape index (κ1) is 13.0. The van der Waals surface area contributed by atoms with E-state index in [4.69, 9.17) is 10.5 Å². The van der Waals surface area contributed by atoms with Gasteiger partial charge in [0.1, 0.15) is 0 Å². The summed E-state index contributed by atoms with van der Waals surface area (Å²) < 4.78 is 5.85. The van der Waals surface area contributed by atoms with Crippen molar-refractivity contribution in [3.8, 4) is 0 Å². The molecule has 1 fully saturated rings. The van der Waals surface area contributed by atoms with Crippen molar-refractivity contribution in [2.75, 3.05) is 0 Å². The molecule has 1 aromatic rings. The van der Waals surface area contributed by atoms with Crippen molar-refractivity contribution in [1.82, 2.24) is 4.98 Å². The number of hydrogen-bond acceptors (Lipinski definition) is 4. The Morgan fingerprint density at radius 3 is 2.59 bits per heavy atom. The molecule has 0 aliphatic carbocycles. The first-order valence-corrected chi connectivity index (χ1v) is 7.19. The zero-order chi connectivity index (χ0) is 12.6. The van der Waals surface area contributed by atoms with E-state index in [-0.39, 0.29) is 12.1 Å². The monoisotopic (exact) mass is 254 g/mol. The molecule has 0 amide bonds. The quantitative estimate of drug-likeness (QED) is 0.901. The second kappa shape index (κ2) is 5.04. The molecule has 0 bridgehead atoms. The molecule has 2 N–H and O–H groups in total. The van der Waals surface area contributed by atoms with Gasteiger partial charge in [-0.2, -0.15) is 0 Å². The van der Waals surface area contributed by atoms with Gasteiger partial charge in [-0.15, -0.1) is 11.3 Å². The lowest BCUT2D eigenvalue weighted by Crippen LogP contribution is -2.39. The van der Waals surface area contributed by atoms with Crippen LogP contribution in [0.25, 0.3) is 0 Å². The van der Waals surface area contributed by atoms with Crippen molar-refractivity contribution >= 4 is 11.3 Å². The molecule has 2 heterocycles. The summed E-state index contributed by atoms with van der Waals surface area (Å²) in [4.78, 5) is 4.49. The number of rotatable bonds is 3. The van der Waals surface area contributed by atoms with Gasteiger partial charge in [-0.05, 0) is 26.7 Å². The van der Waals surface area contributed by atoms with Gasteiger partial charge in [0.25, 0.3) is 0 Å². The third-order valence-electron chi connectivity index (χ3n) is 3.89. The Morgan fingerprint density at radius 2 is 2.12 bits per heavy atom. The Morgan fingerprint density at radius 1 is 1.41 bits per heavy atom. The van der Waals surface area contributed by atoms with E-state index in [1.807, 2.05) is 6.92 Å². The molecule has 3 nitrogen and oxygen atoms in total. The van der Waals surface area contributed by atoms with E-state index in [0.717, 1.165) is 17.1 Å². The van der Waals surface area contributed by atoms with Crippen LogP contribution in [0.2, 0.25) is 0 Å². The number of thiazole rings is 1. The highest BCUT2D eigenvalue weighted by Crippen LogP contribution is 2.34. The van der Waals surface area contributed by atoms with Gasteiger partial charge in [0.15, 0.2) is 0 Å². The largest absolute Gasteiger partial charge is 0.375 e. The smallest absolute Gasteiger partial charge is 0.0943 e. The summed E-state index contributed by atoms with van der Waals surface area (Å²) in [6.45, 7) is 8.54. The molecule has 5 atom stereocenters. The maximum absolute atomic E-state index is 6.35. The van der Waals surface area contributed by atoms with Gasteiger partial charge in [-0.1, -0.05) is 6.92 Å². The molecule has 17 heavy (non-hydrogen) atoms. The minimum absolute atomic E-state index is 0.149. The first-order chi connectivity index (χ1) is 7.99. The van der Waals surface area contributed by atoms with Gasteiger partial charge in [0, 0.05) is 29.5 Å². The van der Waals surface area contributed by atoms with Crippen LogP contribution in [0.3, 0.4) is 0 Å². The van der Waals surface area contributed by atoms with Crippen LogP contribution >= 0.6 is 11.3 Å². The number of nitrogens with two attached hydrogens (primary N) is 1. The van der Waals surface area contributed by atoms with Crippen LogP contribution in [0.5, 0.6) is 0 Å². The summed E-state index contributed by atoms with van der Waals surface area (Å²) in [7, 11) is 0. The zero-order valence-corrected chi connectivity index (χ0v) is 11.8. The summed E-state index contributed by atoms with van der Waals surface area (Å²) in [6.07, 6.45) is 1.45. The Hall–Kier alpha value is -0.450. The van der Waals surface area contributed by atoms with E-state index >= 15 is 0 Å². The minimum atomic E-state index is 0.149. The van der Waals surface area contributed by atoms with Crippen molar-refractivity contribution in [3.63, 3.8) is 0 Å². The average Bonchev–Trinajstić information content (AvgIpc) is 2.73. The Balaban J connectivity index is 2.02. The summed E-state index contributed by atoms with van der Waals surface area (Å²) in [6, 6.07) is 0.149. The fraction of sp³-hybridized carbons (Fsp3) is 0.769. The fourth-order valence-electron chi connectivity index (χ4n) is 2.87.